The van der Waals surface area contributed by atoms with Crippen LogP contribution in [0.5, 0.6) is 0 Å². The number of nitrogens with zero attached hydrogens (tertiary/aromatic N) is 3. The number of carbonyl (C=O) groups is 1. The molecule has 3 rings (SSSR count). The van der Waals surface area contributed by atoms with Crippen LogP contribution in [0.3, 0.4) is 0 Å². The molecule has 2 aromatic rings. The number of rotatable bonds is 3. The molecule has 0 spiro atoms. The van der Waals surface area contributed by atoms with E-state index < -0.39 is 5.97 Å². The number of fused-ring (bicyclic) bond motifs is 1. The third kappa shape index (κ3) is 2.16. The number of aliphatic carboxylic acids is 1. The summed E-state index contributed by atoms with van der Waals surface area (Å²) in [5.41, 5.74) is 0. The van der Waals surface area contributed by atoms with E-state index in [1.54, 1.807) is 11.3 Å². The molecule has 100 valence electrons. The Kier molecular flexibility index (Phi) is 3.10. The van der Waals surface area contributed by atoms with E-state index in [4.69, 9.17) is 5.11 Å². The van der Waals surface area contributed by atoms with Crippen molar-refractivity contribution in [1.82, 2.24) is 9.97 Å². The summed E-state index contributed by atoms with van der Waals surface area (Å²) in [4.78, 5) is 23.2. The van der Waals surface area contributed by atoms with Crippen LogP contribution >= 0.6 is 11.3 Å². The van der Waals surface area contributed by atoms with Gasteiger partial charge in [0.2, 0.25) is 0 Å². The number of aromatic nitrogens is 2. The van der Waals surface area contributed by atoms with E-state index in [2.05, 4.69) is 14.9 Å². The number of hydrogen-bond acceptors (Lipinski definition) is 5. The largest absolute Gasteiger partial charge is 0.481 e. The molecule has 0 aliphatic carbocycles. The monoisotopic (exact) mass is 277 g/mol. The zero-order chi connectivity index (χ0) is 13.4. The summed E-state index contributed by atoms with van der Waals surface area (Å²) >= 11 is 1.60. The fourth-order valence-electron chi connectivity index (χ4n) is 2.44. The number of hydrogen-bond donors (Lipinski definition) is 1. The van der Waals surface area contributed by atoms with Gasteiger partial charge in [0.1, 0.15) is 16.5 Å². The molecule has 0 amide bonds. The quantitative estimate of drug-likeness (QED) is 0.931. The van der Waals surface area contributed by atoms with Crippen molar-refractivity contribution in [3.05, 3.63) is 17.3 Å². The van der Waals surface area contributed by atoms with Crippen molar-refractivity contribution in [2.24, 2.45) is 5.92 Å². The Bertz CT molecular complexity index is 625. The Morgan fingerprint density at radius 3 is 3.11 bits per heavy atom. The van der Waals surface area contributed by atoms with Crippen LogP contribution in [0.4, 0.5) is 5.82 Å². The summed E-state index contributed by atoms with van der Waals surface area (Å²) in [6.45, 7) is 3.32. The molecule has 5 nitrogen and oxygen atoms in total. The van der Waals surface area contributed by atoms with Crippen molar-refractivity contribution >= 4 is 33.3 Å². The van der Waals surface area contributed by atoms with Gasteiger partial charge in [0.15, 0.2) is 0 Å². The highest BCUT2D eigenvalue weighted by molar-refractivity contribution is 7.16. The van der Waals surface area contributed by atoms with E-state index >= 15 is 0 Å². The third-order valence-corrected chi connectivity index (χ3v) is 4.31. The number of anilines is 1. The normalized spacial score (nSPS) is 19.2. The molecule has 19 heavy (non-hydrogen) atoms. The summed E-state index contributed by atoms with van der Waals surface area (Å²) < 4.78 is 0. The van der Waals surface area contributed by atoms with Crippen molar-refractivity contribution in [2.45, 2.75) is 19.8 Å². The number of carboxylic acids is 1. The van der Waals surface area contributed by atoms with E-state index in [0.717, 1.165) is 34.8 Å². The maximum atomic E-state index is 11.1. The van der Waals surface area contributed by atoms with Gasteiger partial charge in [0, 0.05) is 19.5 Å². The Labute approximate surface area is 114 Å². The lowest BCUT2D eigenvalue weighted by Crippen LogP contribution is -2.24. The molecule has 1 N–H and O–H groups in total. The maximum absolute atomic E-state index is 11.1. The first-order valence-electron chi connectivity index (χ1n) is 6.41. The minimum atomic E-state index is -0.714. The Balaban J connectivity index is 2.00. The Morgan fingerprint density at radius 2 is 2.42 bits per heavy atom. The molecule has 1 unspecified atom stereocenters. The van der Waals surface area contributed by atoms with Crippen molar-refractivity contribution < 1.29 is 9.90 Å². The predicted octanol–water partition coefficient (Wildman–Crippen LogP) is 2.16. The van der Waals surface area contributed by atoms with Gasteiger partial charge in [-0.15, -0.1) is 11.3 Å². The lowest BCUT2D eigenvalue weighted by molar-refractivity contribution is -0.140. The molecule has 0 aromatic carbocycles. The van der Waals surface area contributed by atoms with Crippen LogP contribution < -0.4 is 4.90 Å². The molecule has 2 aromatic heterocycles. The fraction of sp³-hybridized carbons (Fsp3) is 0.462. The van der Waals surface area contributed by atoms with Crippen LogP contribution in [0.15, 0.2) is 11.4 Å². The van der Waals surface area contributed by atoms with Crippen molar-refractivity contribution in [3.63, 3.8) is 0 Å². The number of thiophene rings is 1. The standard InChI is InChI=1S/C13H15N3O2S/c1-2-10-14-11(9-4-6-19-12(9)15-10)16-5-3-8(7-16)13(17)18/h4,6,8H,2-3,5,7H2,1H3,(H,17,18). The van der Waals surface area contributed by atoms with E-state index in [1.807, 2.05) is 18.4 Å². The lowest BCUT2D eigenvalue weighted by atomic mass is 10.1. The molecule has 0 radical (unpaired) electrons. The molecule has 1 fully saturated rings. The first-order chi connectivity index (χ1) is 9.19. The van der Waals surface area contributed by atoms with Gasteiger partial charge in [-0.1, -0.05) is 6.92 Å². The van der Waals surface area contributed by atoms with Crippen molar-refractivity contribution in [3.8, 4) is 0 Å². The van der Waals surface area contributed by atoms with Gasteiger partial charge < -0.3 is 10.0 Å². The van der Waals surface area contributed by atoms with E-state index in [0.29, 0.717) is 13.0 Å². The second-order valence-corrected chi connectivity index (χ2v) is 5.62. The van der Waals surface area contributed by atoms with Gasteiger partial charge in [-0.05, 0) is 17.9 Å². The smallest absolute Gasteiger partial charge is 0.308 e. The summed E-state index contributed by atoms with van der Waals surface area (Å²) in [7, 11) is 0. The molecule has 0 saturated carbocycles. The molecular formula is C13H15N3O2S. The van der Waals surface area contributed by atoms with Crippen LogP contribution in [0.1, 0.15) is 19.2 Å². The van der Waals surface area contributed by atoms with E-state index in [1.165, 1.54) is 0 Å². The highest BCUT2D eigenvalue weighted by Gasteiger charge is 2.30. The molecule has 1 saturated heterocycles. The van der Waals surface area contributed by atoms with Gasteiger partial charge >= 0.3 is 5.97 Å². The van der Waals surface area contributed by atoms with E-state index in [9.17, 15) is 4.79 Å². The molecule has 3 heterocycles. The average molecular weight is 277 g/mol. The van der Waals surface area contributed by atoms with Crippen LogP contribution in [-0.4, -0.2) is 34.1 Å². The number of carboxylic acid groups (broad SMARTS) is 1. The SMILES string of the molecule is CCc1nc(N2CCC(C(=O)O)C2)c2ccsc2n1. The Hall–Kier alpha value is -1.69. The maximum Gasteiger partial charge on any atom is 0.308 e. The Morgan fingerprint density at radius 1 is 1.58 bits per heavy atom. The summed E-state index contributed by atoms with van der Waals surface area (Å²) in [5.74, 6) is 0.720. The molecule has 0 bridgehead atoms. The summed E-state index contributed by atoms with van der Waals surface area (Å²) in [6.07, 6.45) is 1.48. The minimum absolute atomic E-state index is 0.284. The molecule has 1 atom stereocenters. The van der Waals surface area contributed by atoms with Gasteiger partial charge in [-0.2, -0.15) is 0 Å². The van der Waals surface area contributed by atoms with Gasteiger partial charge in [0.25, 0.3) is 0 Å². The van der Waals surface area contributed by atoms with Crippen LogP contribution in [0.2, 0.25) is 0 Å². The topological polar surface area (TPSA) is 66.3 Å². The highest BCUT2D eigenvalue weighted by atomic mass is 32.1. The molecule has 6 heteroatoms. The predicted molar refractivity (Wildman–Crippen MR) is 74.7 cm³/mol. The zero-order valence-electron chi connectivity index (χ0n) is 10.7. The third-order valence-electron chi connectivity index (χ3n) is 3.50. The summed E-state index contributed by atoms with van der Waals surface area (Å²) in [6, 6.07) is 2.02. The first kappa shape index (κ1) is 12.3. The van der Waals surface area contributed by atoms with Crippen LogP contribution in [0.25, 0.3) is 10.2 Å². The van der Waals surface area contributed by atoms with Gasteiger partial charge in [0.05, 0.1) is 11.3 Å². The van der Waals surface area contributed by atoms with Gasteiger partial charge in [-0.3, -0.25) is 4.79 Å². The first-order valence-corrected chi connectivity index (χ1v) is 7.29. The van der Waals surface area contributed by atoms with Crippen LogP contribution in [-0.2, 0) is 11.2 Å². The zero-order valence-corrected chi connectivity index (χ0v) is 11.5. The van der Waals surface area contributed by atoms with Crippen molar-refractivity contribution in [2.75, 3.05) is 18.0 Å². The highest BCUT2D eigenvalue weighted by Crippen LogP contribution is 2.31. The fourth-order valence-corrected chi connectivity index (χ4v) is 3.21. The molecule has 1 aliphatic heterocycles. The second-order valence-electron chi connectivity index (χ2n) is 4.73. The second kappa shape index (κ2) is 4.77. The van der Waals surface area contributed by atoms with E-state index in [-0.39, 0.29) is 5.92 Å². The molecular weight excluding hydrogens is 262 g/mol. The van der Waals surface area contributed by atoms with Crippen LogP contribution in [0, 0.1) is 5.92 Å². The minimum Gasteiger partial charge on any atom is -0.481 e. The van der Waals surface area contributed by atoms with Gasteiger partial charge in [-0.25, -0.2) is 9.97 Å². The average Bonchev–Trinajstić information content (AvgIpc) is 3.06. The number of aryl methyl sites for hydroxylation is 1. The lowest BCUT2D eigenvalue weighted by Gasteiger charge is -2.18. The molecule has 1 aliphatic rings. The van der Waals surface area contributed by atoms with Crippen molar-refractivity contribution in [1.29, 1.82) is 0 Å². The summed E-state index contributed by atoms with van der Waals surface area (Å²) in [5, 5.41) is 12.1.